The molecule has 0 aliphatic carbocycles. The van der Waals surface area contributed by atoms with Gasteiger partial charge in [-0.1, -0.05) is 44.2 Å². The normalized spacial score (nSPS) is 18.2. The number of rotatable bonds is 3. The standard InChI is InChI=1S/C17H20BrN3O/c1-11(2)15-14(18)16(20-19-15)17(22)21-10-6-9-13(21)12-7-4-3-5-8-12/h3-5,7-8,11,13H,6,9-10H2,1-2H3,(H,19,20). The third kappa shape index (κ3) is 2.70. The van der Waals surface area contributed by atoms with Crippen LogP contribution in [0.2, 0.25) is 0 Å². The van der Waals surface area contributed by atoms with Gasteiger partial charge in [0, 0.05) is 6.54 Å². The molecule has 1 saturated heterocycles. The van der Waals surface area contributed by atoms with Crippen molar-refractivity contribution in [3.05, 3.63) is 51.8 Å². The zero-order valence-corrected chi connectivity index (χ0v) is 14.4. The quantitative estimate of drug-likeness (QED) is 0.886. The van der Waals surface area contributed by atoms with Crippen molar-refractivity contribution in [3.8, 4) is 0 Å². The average Bonchev–Trinajstić information content (AvgIpc) is 3.14. The molecule has 4 nitrogen and oxygen atoms in total. The molecule has 0 saturated carbocycles. The van der Waals surface area contributed by atoms with E-state index in [9.17, 15) is 4.79 Å². The Labute approximate surface area is 139 Å². The lowest BCUT2D eigenvalue weighted by Gasteiger charge is -2.24. The minimum atomic E-state index is 0.00128. The molecule has 5 heteroatoms. The van der Waals surface area contributed by atoms with Gasteiger partial charge in [-0.2, -0.15) is 5.10 Å². The van der Waals surface area contributed by atoms with Crippen molar-refractivity contribution in [2.45, 2.75) is 38.6 Å². The highest BCUT2D eigenvalue weighted by molar-refractivity contribution is 9.10. The van der Waals surface area contributed by atoms with E-state index in [1.54, 1.807) is 0 Å². The van der Waals surface area contributed by atoms with Gasteiger partial charge in [-0.25, -0.2) is 0 Å². The van der Waals surface area contributed by atoms with Crippen LogP contribution in [0.1, 0.15) is 60.4 Å². The third-order valence-corrected chi connectivity index (χ3v) is 5.01. The molecule has 1 aliphatic heterocycles. The smallest absolute Gasteiger partial charge is 0.276 e. The van der Waals surface area contributed by atoms with Gasteiger partial charge in [-0.3, -0.25) is 9.89 Å². The Hall–Kier alpha value is -1.62. The number of amides is 1. The predicted molar refractivity (Wildman–Crippen MR) is 89.8 cm³/mol. The number of likely N-dealkylation sites (tertiary alicyclic amines) is 1. The Morgan fingerprint density at radius 1 is 1.36 bits per heavy atom. The number of aromatic nitrogens is 2. The van der Waals surface area contributed by atoms with Crippen molar-refractivity contribution < 1.29 is 4.79 Å². The van der Waals surface area contributed by atoms with Crippen LogP contribution >= 0.6 is 15.9 Å². The summed E-state index contributed by atoms with van der Waals surface area (Å²) in [6.07, 6.45) is 2.04. The first-order valence-electron chi connectivity index (χ1n) is 7.69. The topological polar surface area (TPSA) is 49.0 Å². The highest BCUT2D eigenvalue weighted by atomic mass is 79.9. The van der Waals surface area contributed by atoms with Crippen LogP contribution in [0.5, 0.6) is 0 Å². The molecule has 1 aliphatic rings. The van der Waals surface area contributed by atoms with Crippen molar-refractivity contribution >= 4 is 21.8 Å². The van der Waals surface area contributed by atoms with Crippen LogP contribution in [-0.2, 0) is 0 Å². The van der Waals surface area contributed by atoms with E-state index in [0.717, 1.165) is 29.6 Å². The van der Waals surface area contributed by atoms with Gasteiger partial charge >= 0.3 is 0 Å². The number of hydrogen-bond acceptors (Lipinski definition) is 2. The Morgan fingerprint density at radius 2 is 2.09 bits per heavy atom. The van der Waals surface area contributed by atoms with Gasteiger partial charge in [0.2, 0.25) is 0 Å². The molecule has 0 bridgehead atoms. The molecule has 1 fully saturated rings. The molecule has 1 unspecified atom stereocenters. The van der Waals surface area contributed by atoms with Gasteiger partial charge in [0.05, 0.1) is 16.2 Å². The maximum absolute atomic E-state index is 12.9. The number of nitrogens with one attached hydrogen (secondary N) is 1. The van der Waals surface area contributed by atoms with Crippen LogP contribution in [0.3, 0.4) is 0 Å². The van der Waals surface area contributed by atoms with E-state index in [1.807, 2.05) is 23.1 Å². The first kappa shape index (κ1) is 15.3. The average molecular weight is 362 g/mol. The number of carbonyl (C=O) groups is 1. The monoisotopic (exact) mass is 361 g/mol. The molecule has 1 amide bonds. The molecule has 0 radical (unpaired) electrons. The van der Waals surface area contributed by atoms with Crippen molar-refractivity contribution in [2.24, 2.45) is 0 Å². The van der Waals surface area contributed by atoms with Crippen LogP contribution in [0.4, 0.5) is 0 Å². The van der Waals surface area contributed by atoms with E-state index in [0.29, 0.717) is 11.6 Å². The number of H-pyrrole nitrogens is 1. The highest BCUT2D eigenvalue weighted by Crippen LogP contribution is 2.34. The summed E-state index contributed by atoms with van der Waals surface area (Å²) in [5.41, 5.74) is 2.66. The van der Waals surface area contributed by atoms with Crippen LogP contribution in [0, 0.1) is 0 Å². The summed E-state index contributed by atoms with van der Waals surface area (Å²) in [5, 5.41) is 7.23. The second-order valence-corrected chi connectivity index (χ2v) is 6.81. The zero-order chi connectivity index (χ0) is 15.7. The maximum atomic E-state index is 12.9. The number of nitrogens with zero attached hydrogens (tertiary/aromatic N) is 2. The fraction of sp³-hybridized carbons (Fsp3) is 0.412. The Balaban J connectivity index is 1.88. The summed E-state index contributed by atoms with van der Waals surface area (Å²) in [5.74, 6) is 0.299. The van der Waals surface area contributed by atoms with Crippen molar-refractivity contribution in [2.75, 3.05) is 6.54 Å². The molecule has 1 N–H and O–H groups in total. The summed E-state index contributed by atoms with van der Waals surface area (Å²) in [6, 6.07) is 10.4. The first-order chi connectivity index (χ1) is 10.6. The molecule has 1 aromatic carbocycles. The predicted octanol–water partition coefficient (Wildman–Crippen LogP) is 4.27. The minimum absolute atomic E-state index is 0.00128. The van der Waals surface area contributed by atoms with Crippen molar-refractivity contribution in [3.63, 3.8) is 0 Å². The van der Waals surface area contributed by atoms with E-state index >= 15 is 0 Å². The van der Waals surface area contributed by atoms with E-state index in [1.165, 1.54) is 5.56 Å². The third-order valence-electron chi connectivity index (χ3n) is 4.21. The van der Waals surface area contributed by atoms with Crippen LogP contribution in [-0.4, -0.2) is 27.5 Å². The molecule has 116 valence electrons. The summed E-state index contributed by atoms with van der Waals surface area (Å²) < 4.78 is 0.797. The SMILES string of the molecule is CC(C)c1[nH]nc(C(=O)N2CCCC2c2ccccc2)c1Br. The number of hydrogen-bond donors (Lipinski definition) is 1. The van der Waals surface area contributed by atoms with Crippen molar-refractivity contribution in [1.82, 2.24) is 15.1 Å². The van der Waals surface area contributed by atoms with Gasteiger partial charge < -0.3 is 4.90 Å². The Kier molecular flexibility index (Phi) is 4.34. The number of aromatic amines is 1. The molecule has 3 rings (SSSR count). The summed E-state index contributed by atoms with van der Waals surface area (Å²) in [4.78, 5) is 14.8. The lowest BCUT2D eigenvalue weighted by Crippen LogP contribution is -2.31. The van der Waals surface area contributed by atoms with Gasteiger partial charge in [-0.15, -0.1) is 0 Å². The van der Waals surface area contributed by atoms with Gasteiger partial charge in [-0.05, 0) is 40.3 Å². The first-order valence-corrected chi connectivity index (χ1v) is 8.48. The van der Waals surface area contributed by atoms with Gasteiger partial charge in [0.25, 0.3) is 5.91 Å². The van der Waals surface area contributed by atoms with E-state index in [-0.39, 0.29) is 11.9 Å². The molecular weight excluding hydrogens is 342 g/mol. The second kappa shape index (κ2) is 6.24. The van der Waals surface area contributed by atoms with E-state index in [2.05, 4.69) is 52.1 Å². The maximum Gasteiger partial charge on any atom is 0.276 e. The lowest BCUT2D eigenvalue weighted by molar-refractivity contribution is 0.0728. The Bertz CT molecular complexity index is 666. The van der Waals surface area contributed by atoms with Crippen molar-refractivity contribution in [1.29, 1.82) is 0 Å². The fourth-order valence-electron chi connectivity index (χ4n) is 3.03. The second-order valence-electron chi connectivity index (χ2n) is 6.02. The van der Waals surface area contributed by atoms with E-state index in [4.69, 9.17) is 0 Å². The summed E-state index contributed by atoms with van der Waals surface area (Å²) in [7, 11) is 0. The van der Waals surface area contributed by atoms with Crippen LogP contribution in [0.15, 0.2) is 34.8 Å². The highest BCUT2D eigenvalue weighted by Gasteiger charge is 2.33. The lowest BCUT2D eigenvalue weighted by atomic mass is 10.0. The number of benzene rings is 1. The van der Waals surface area contributed by atoms with Crippen LogP contribution in [0.25, 0.3) is 0 Å². The zero-order valence-electron chi connectivity index (χ0n) is 12.8. The van der Waals surface area contributed by atoms with E-state index < -0.39 is 0 Å². The molecule has 22 heavy (non-hydrogen) atoms. The molecule has 2 heterocycles. The fourth-order valence-corrected chi connectivity index (χ4v) is 3.84. The molecule has 1 aromatic heterocycles. The molecule has 1 atom stereocenters. The van der Waals surface area contributed by atoms with Gasteiger partial charge in [0.1, 0.15) is 0 Å². The largest absolute Gasteiger partial charge is 0.330 e. The minimum Gasteiger partial charge on any atom is -0.330 e. The Morgan fingerprint density at radius 3 is 2.73 bits per heavy atom. The number of carbonyl (C=O) groups excluding carboxylic acids is 1. The van der Waals surface area contributed by atoms with Gasteiger partial charge in [0.15, 0.2) is 5.69 Å². The summed E-state index contributed by atoms with van der Waals surface area (Å²) >= 11 is 3.53. The molecule has 0 spiro atoms. The summed E-state index contributed by atoms with van der Waals surface area (Å²) in [6.45, 7) is 4.94. The molecule has 2 aromatic rings. The number of halogens is 1. The van der Waals surface area contributed by atoms with Crippen LogP contribution < -0.4 is 0 Å². The molecular formula is C17H20BrN3O.